The minimum Gasteiger partial charge on any atom is -0.493 e. The number of fused-ring (bicyclic) bond motifs is 1. The third-order valence-electron chi connectivity index (χ3n) is 5.38. The highest BCUT2D eigenvalue weighted by Gasteiger charge is 2.19. The van der Waals surface area contributed by atoms with Crippen LogP contribution in [0.3, 0.4) is 0 Å². The molecule has 3 aromatic rings. The number of nitrogens with zero attached hydrogens (tertiary/aromatic N) is 1. The summed E-state index contributed by atoms with van der Waals surface area (Å²) >= 11 is 0. The van der Waals surface area contributed by atoms with Gasteiger partial charge in [0.05, 0.1) is 6.61 Å². The first-order valence-corrected chi connectivity index (χ1v) is 10.4. The summed E-state index contributed by atoms with van der Waals surface area (Å²) in [6.07, 6.45) is 3.37. The van der Waals surface area contributed by atoms with Crippen molar-refractivity contribution < 1.29 is 14.3 Å². The number of benzene rings is 3. The van der Waals surface area contributed by atoms with Crippen molar-refractivity contribution in [3.8, 4) is 11.5 Å². The molecule has 1 amide bonds. The zero-order chi connectivity index (χ0) is 20.1. The fourth-order valence-electron chi connectivity index (χ4n) is 3.88. The molecular formula is C25H27NO3. The van der Waals surface area contributed by atoms with E-state index in [9.17, 15) is 4.79 Å². The average molecular weight is 389 g/mol. The Morgan fingerprint density at radius 2 is 1.69 bits per heavy atom. The highest BCUT2D eigenvalue weighted by molar-refractivity contribution is 5.94. The van der Waals surface area contributed by atoms with E-state index in [2.05, 4.69) is 18.2 Å². The van der Waals surface area contributed by atoms with Gasteiger partial charge in [-0.3, -0.25) is 4.79 Å². The van der Waals surface area contributed by atoms with Gasteiger partial charge in [0.1, 0.15) is 18.1 Å². The lowest BCUT2D eigenvalue weighted by atomic mass is 10.1. The second-order valence-corrected chi connectivity index (χ2v) is 7.37. The minimum atomic E-state index is 0.0964. The Morgan fingerprint density at radius 1 is 0.897 bits per heavy atom. The number of rotatable bonds is 6. The van der Waals surface area contributed by atoms with Gasteiger partial charge in [-0.2, -0.15) is 0 Å². The van der Waals surface area contributed by atoms with E-state index < -0.39 is 0 Å². The Hall–Kier alpha value is -3.01. The summed E-state index contributed by atoms with van der Waals surface area (Å²) in [6, 6.07) is 19.9. The van der Waals surface area contributed by atoms with Crippen LogP contribution in [0.2, 0.25) is 0 Å². The zero-order valence-corrected chi connectivity index (χ0v) is 16.9. The predicted octanol–water partition coefficient (Wildman–Crippen LogP) is 5.44. The first-order chi connectivity index (χ1) is 14.3. The number of carbonyl (C=O) groups is 1. The van der Waals surface area contributed by atoms with Crippen molar-refractivity contribution in [1.82, 2.24) is 4.90 Å². The van der Waals surface area contributed by atoms with E-state index in [1.54, 1.807) is 0 Å². The van der Waals surface area contributed by atoms with Crippen molar-refractivity contribution >= 4 is 16.7 Å². The van der Waals surface area contributed by atoms with E-state index >= 15 is 0 Å². The molecule has 0 radical (unpaired) electrons. The van der Waals surface area contributed by atoms with Crippen molar-refractivity contribution in [2.24, 2.45) is 0 Å². The fraction of sp³-hybridized carbons (Fsp3) is 0.320. The fourth-order valence-corrected chi connectivity index (χ4v) is 3.88. The van der Waals surface area contributed by atoms with Crippen LogP contribution in [-0.2, 0) is 6.61 Å². The van der Waals surface area contributed by atoms with E-state index in [1.165, 1.54) is 6.42 Å². The smallest absolute Gasteiger partial charge is 0.253 e. The zero-order valence-electron chi connectivity index (χ0n) is 16.9. The number of amides is 1. The first-order valence-electron chi connectivity index (χ1n) is 10.4. The van der Waals surface area contributed by atoms with Gasteiger partial charge >= 0.3 is 0 Å². The molecule has 0 atom stereocenters. The second-order valence-electron chi connectivity index (χ2n) is 7.37. The van der Waals surface area contributed by atoms with Gasteiger partial charge in [0.2, 0.25) is 0 Å². The number of likely N-dealkylation sites (tertiary alicyclic amines) is 1. The maximum atomic E-state index is 12.9. The molecule has 1 aliphatic rings. The molecule has 0 saturated carbocycles. The quantitative estimate of drug-likeness (QED) is 0.563. The Balaban J connectivity index is 1.58. The van der Waals surface area contributed by atoms with Crippen LogP contribution in [-0.4, -0.2) is 30.5 Å². The molecule has 0 N–H and O–H groups in total. The molecule has 0 aliphatic carbocycles. The third-order valence-corrected chi connectivity index (χ3v) is 5.38. The van der Waals surface area contributed by atoms with Gasteiger partial charge in [-0.05, 0) is 55.8 Å². The van der Waals surface area contributed by atoms with Crippen LogP contribution in [0, 0.1) is 0 Å². The van der Waals surface area contributed by atoms with Crippen molar-refractivity contribution in [2.75, 3.05) is 19.7 Å². The van der Waals surface area contributed by atoms with Crippen LogP contribution in [0.1, 0.15) is 42.1 Å². The van der Waals surface area contributed by atoms with Gasteiger partial charge in [0, 0.05) is 29.6 Å². The Bertz CT molecular complexity index is 987. The maximum Gasteiger partial charge on any atom is 0.253 e. The maximum absolute atomic E-state index is 12.9. The summed E-state index contributed by atoms with van der Waals surface area (Å²) in [4.78, 5) is 14.9. The van der Waals surface area contributed by atoms with E-state index in [0.29, 0.717) is 18.8 Å². The Morgan fingerprint density at radius 3 is 2.52 bits per heavy atom. The van der Waals surface area contributed by atoms with Crippen molar-refractivity contribution in [2.45, 2.75) is 32.8 Å². The van der Waals surface area contributed by atoms with Gasteiger partial charge in [0.15, 0.2) is 0 Å². The second kappa shape index (κ2) is 8.99. The topological polar surface area (TPSA) is 38.8 Å². The molecule has 3 aromatic carbocycles. The minimum absolute atomic E-state index is 0.0964. The average Bonchev–Trinajstić information content (AvgIpc) is 2.78. The van der Waals surface area contributed by atoms with E-state index in [0.717, 1.165) is 53.8 Å². The van der Waals surface area contributed by atoms with Crippen LogP contribution >= 0.6 is 0 Å². The highest BCUT2D eigenvalue weighted by Crippen LogP contribution is 2.28. The largest absolute Gasteiger partial charge is 0.493 e. The monoisotopic (exact) mass is 389 g/mol. The summed E-state index contributed by atoms with van der Waals surface area (Å²) in [5, 5.41) is 2.22. The van der Waals surface area contributed by atoms with Gasteiger partial charge in [-0.25, -0.2) is 0 Å². The van der Waals surface area contributed by atoms with Gasteiger partial charge in [-0.15, -0.1) is 0 Å². The van der Waals surface area contributed by atoms with Gasteiger partial charge in [0.25, 0.3) is 5.91 Å². The van der Waals surface area contributed by atoms with Crippen molar-refractivity contribution in [3.05, 3.63) is 71.8 Å². The van der Waals surface area contributed by atoms with Crippen molar-refractivity contribution in [1.29, 1.82) is 0 Å². The van der Waals surface area contributed by atoms with Crippen LogP contribution < -0.4 is 9.47 Å². The van der Waals surface area contributed by atoms with Crippen LogP contribution in [0.15, 0.2) is 60.7 Å². The molecule has 1 heterocycles. The predicted molar refractivity (Wildman–Crippen MR) is 116 cm³/mol. The summed E-state index contributed by atoms with van der Waals surface area (Å²) in [7, 11) is 0. The molecule has 4 rings (SSSR count). The number of hydrogen-bond acceptors (Lipinski definition) is 3. The third kappa shape index (κ3) is 4.37. The van der Waals surface area contributed by atoms with Crippen molar-refractivity contribution in [3.63, 3.8) is 0 Å². The summed E-state index contributed by atoms with van der Waals surface area (Å²) in [5.41, 5.74) is 1.59. The molecule has 0 aromatic heterocycles. The summed E-state index contributed by atoms with van der Waals surface area (Å²) in [5.74, 6) is 1.69. The van der Waals surface area contributed by atoms with Crippen LogP contribution in [0.5, 0.6) is 11.5 Å². The molecule has 4 nitrogen and oxygen atoms in total. The first kappa shape index (κ1) is 19.3. The molecular weight excluding hydrogens is 362 g/mol. The molecule has 0 spiro atoms. The van der Waals surface area contributed by atoms with Crippen LogP contribution in [0.25, 0.3) is 10.8 Å². The standard InChI is InChI=1S/C25H27NO3/c1-2-28-23-14-13-20(25(27)26-15-6-3-7-16-26)17-21(23)18-29-24-12-8-10-19-9-4-5-11-22(19)24/h4-5,8-14,17H,2-3,6-7,15-16,18H2,1H3. The Kier molecular flexibility index (Phi) is 5.99. The van der Waals surface area contributed by atoms with E-state index in [-0.39, 0.29) is 5.91 Å². The number of ether oxygens (including phenoxy) is 2. The highest BCUT2D eigenvalue weighted by atomic mass is 16.5. The molecule has 1 fully saturated rings. The van der Waals surface area contributed by atoms with Gasteiger partial charge < -0.3 is 14.4 Å². The van der Waals surface area contributed by atoms with Crippen LogP contribution in [0.4, 0.5) is 0 Å². The molecule has 1 aliphatic heterocycles. The molecule has 0 bridgehead atoms. The molecule has 4 heteroatoms. The molecule has 29 heavy (non-hydrogen) atoms. The van der Waals surface area contributed by atoms with Gasteiger partial charge in [-0.1, -0.05) is 36.4 Å². The Labute approximate surface area is 172 Å². The SMILES string of the molecule is CCOc1ccc(C(=O)N2CCCCC2)cc1COc1cccc2ccccc12. The molecule has 0 unspecified atom stereocenters. The molecule has 1 saturated heterocycles. The molecule has 150 valence electrons. The normalized spacial score (nSPS) is 14.0. The summed E-state index contributed by atoms with van der Waals surface area (Å²) in [6.45, 7) is 4.56. The lowest BCUT2D eigenvalue weighted by Gasteiger charge is -2.27. The lowest BCUT2D eigenvalue weighted by Crippen LogP contribution is -2.35. The van der Waals surface area contributed by atoms with E-state index in [4.69, 9.17) is 9.47 Å². The summed E-state index contributed by atoms with van der Waals surface area (Å²) < 4.78 is 12.0. The number of hydrogen-bond donors (Lipinski definition) is 0. The van der Waals surface area contributed by atoms with E-state index in [1.807, 2.05) is 54.3 Å². The number of carbonyl (C=O) groups excluding carboxylic acids is 1. The lowest BCUT2D eigenvalue weighted by molar-refractivity contribution is 0.0724. The number of piperidine rings is 1.